The van der Waals surface area contributed by atoms with Gasteiger partial charge in [-0.15, -0.1) is 0 Å². The van der Waals surface area contributed by atoms with Crippen LogP contribution in [0.1, 0.15) is 16.7 Å². The van der Waals surface area contributed by atoms with Gasteiger partial charge in [0.05, 0.1) is 17.6 Å². The van der Waals surface area contributed by atoms with Crippen LogP contribution < -0.4 is 4.74 Å². The molecule has 110 valence electrons. The molecule has 21 heavy (non-hydrogen) atoms. The van der Waals surface area contributed by atoms with E-state index in [0.29, 0.717) is 16.9 Å². The van der Waals surface area contributed by atoms with Crippen molar-refractivity contribution in [3.8, 4) is 5.75 Å². The molecular formula is C15H14FNO4. The largest absolute Gasteiger partial charge is 0.489 e. The minimum Gasteiger partial charge on any atom is -0.489 e. The van der Waals surface area contributed by atoms with Crippen LogP contribution in [0.5, 0.6) is 5.75 Å². The second-order valence-electron chi connectivity index (χ2n) is 4.63. The fraction of sp³-hybridized carbons (Fsp3) is 0.200. The summed E-state index contributed by atoms with van der Waals surface area (Å²) in [5.74, 6) is -0.218. The van der Waals surface area contributed by atoms with E-state index in [1.54, 1.807) is 12.1 Å². The molecule has 5 nitrogen and oxygen atoms in total. The average molecular weight is 291 g/mol. The molecule has 6 heteroatoms. The Labute approximate surface area is 120 Å². The highest BCUT2D eigenvalue weighted by Gasteiger charge is 2.11. The van der Waals surface area contributed by atoms with Gasteiger partial charge in [-0.25, -0.2) is 4.39 Å². The van der Waals surface area contributed by atoms with Crippen molar-refractivity contribution in [1.82, 2.24) is 0 Å². The molecule has 2 rings (SSSR count). The number of halogens is 1. The Balaban J connectivity index is 2.18. The third-order valence-electron chi connectivity index (χ3n) is 2.93. The molecule has 0 atom stereocenters. The van der Waals surface area contributed by atoms with E-state index in [1.807, 2.05) is 13.0 Å². The first-order valence-electron chi connectivity index (χ1n) is 6.26. The van der Waals surface area contributed by atoms with E-state index in [2.05, 4.69) is 0 Å². The minimum atomic E-state index is -0.686. The second kappa shape index (κ2) is 6.32. The Kier molecular flexibility index (Phi) is 4.49. The highest BCUT2D eigenvalue weighted by Crippen LogP contribution is 2.22. The zero-order chi connectivity index (χ0) is 15.4. The van der Waals surface area contributed by atoms with E-state index in [1.165, 1.54) is 12.1 Å². The third-order valence-corrected chi connectivity index (χ3v) is 2.93. The molecule has 0 saturated heterocycles. The molecule has 2 aromatic carbocycles. The Hall–Kier alpha value is -2.47. The van der Waals surface area contributed by atoms with Crippen molar-refractivity contribution in [3.05, 3.63) is 69.0 Å². The topological polar surface area (TPSA) is 72.6 Å². The molecule has 0 spiro atoms. The summed E-state index contributed by atoms with van der Waals surface area (Å²) >= 11 is 0. The lowest BCUT2D eigenvalue weighted by Crippen LogP contribution is -2.01. The van der Waals surface area contributed by atoms with Gasteiger partial charge in [0, 0.05) is 11.6 Å². The molecule has 0 bridgehead atoms. The lowest BCUT2D eigenvalue weighted by molar-refractivity contribution is -0.385. The van der Waals surface area contributed by atoms with Crippen LogP contribution in [0, 0.1) is 22.9 Å². The number of rotatable bonds is 5. The number of aliphatic hydroxyl groups is 1. The quantitative estimate of drug-likeness (QED) is 0.678. The van der Waals surface area contributed by atoms with E-state index in [0.717, 1.165) is 11.6 Å². The number of nitro benzene ring substituents is 1. The number of hydrogen-bond acceptors (Lipinski definition) is 4. The molecule has 2 aromatic rings. The van der Waals surface area contributed by atoms with Crippen molar-refractivity contribution in [2.45, 2.75) is 20.1 Å². The number of nitrogens with zero attached hydrogens (tertiary/aromatic N) is 1. The van der Waals surface area contributed by atoms with Crippen molar-refractivity contribution >= 4 is 5.69 Å². The van der Waals surface area contributed by atoms with Crippen LogP contribution >= 0.6 is 0 Å². The second-order valence-corrected chi connectivity index (χ2v) is 4.63. The SMILES string of the molecule is Cc1ccc(OCc2cc(F)cc([N+](=O)[O-])c2)c(CO)c1. The van der Waals surface area contributed by atoms with Gasteiger partial charge in [0.25, 0.3) is 5.69 Å². The number of ether oxygens (including phenoxy) is 1. The first kappa shape index (κ1) is 14.9. The number of nitro groups is 1. The molecule has 0 heterocycles. The Morgan fingerprint density at radius 1 is 1.29 bits per heavy atom. The van der Waals surface area contributed by atoms with Gasteiger partial charge in [0.1, 0.15) is 18.2 Å². The highest BCUT2D eigenvalue weighted by atomic mass is 19.1. The molecule has 0 radical (unpaired) electrons. The molecule has 0 aliphatic heterocycles. The molecule has 0 unspecified atom stereocenters. The maximum absolute atomic E-state index is 13.3. The van der Waals surface area contributed by atoms with Crippen LogP contribution in [0.3, 0.4) is 0 Å². The van der Waals surface area contributed by atoms with Crippen molar-refractivity contribution < 1.29 is 19.2 Å². The summed E-state index contributed by atoms with van der Waals surface area (Å²) in [6.07, 6.45) is 0. The number of non-ortho nitro benzene ring substituents is 1. The standard InChI is InChI=1S/C15H14FNO4/c1-10-2-3-15(12(4-10)8-18)21-9-11-5-13(16)7-14(6-11)17(19)20/h2-7,18H,8-9H2,1H3. The summed E-state index contributed by atoms with van der Waals surface area (Å²) in [5, 5.41) is 20.0. The fourth-order valence-corrected chi connectivity index (χ4v) is 1.96. The van der Waals surface area contributed by atoms with Crippen LogP contribution in [-0.4, -0.2) is 10.0 Å². The zero-order valence-electron chi connectivity index (χ0n) is 11.4. The lowest BCUT2D eigenvalue weighted by atomic mass is 10.1. The Morgan fingerprint density at radius 2 is 2.05 bits per heavy atom. The van der Waals surface area contributed by atoms with Gasteiger partial charge >= 0.3 is 0 Å². The van der Waals surface area contributed by atoms with Gasteiger partial charge < -0.3 is 9.84 Å². The summed E-state index contributed by atoms with van der Waals surface area (Å²) in [6.45, 7) is 1.69. The summed E-state index contributed by atoms with van der Waals surface area (Å²) in [7, 11) is 0. The van der Waals surface area contributed by atoms with Crippen LogP contribution in [0.15, 0.2) is 36.4 Å². The molecular weight excluding hydrogens is 277 g/mol. The van der Waals surface area contributed by atoms with Crippen LogP contribution in [0.4, 0.5) is 10.1 Å². The number of aryl methyl sites for hydroxylation is 1. The van der Waals surface area contributed by atoms with Crippen molar-refractivity contribution in [2.24, 2.45) is 0 Å². The van der Waals surface area contributed by atoms with Crippen LogP contribution in [-0.2, 0) is 13.2 Å². The number of hydrogen-bond donors (Lipinski definition) is 1. The van der Waals surface area contributed by atoms with E-state index in [9.17, 15) is 19.6 Å². The smallest absolute Gasteiger partial charge is 0.272 e. The predicted molar refractivity (Wildman–Crippen MR) is 74.5 cm³/mol. The average Bonchev–Trinajstić information content (AvgIpc) is 2.45. The van der Waals surface area contributed by atoms with Gasteiger partial charge in [0.2, 0.25) is 0 Å². The van der Waals surface area contributed by atoms with E-state index in [-0.39, 0.29) is 18.9 Å². The first-order chi connectivity index (χ1) is 9.99. The van der Waals surface area contributed by atoms with Gasteiger partial charge in [-0.05, 0) is 24.6 Å². The summed E-state index contributed by atoms with van der Waals surface area (Å²) in [4.78, 5) is 10.0. The molecule has 0 aromatic heterocycles. The first-order valence-corrected chi connectivity index (χ1v) is 6.26. The van der Waals surface area contributed by atoms with Gasteiger partial charge in [0.15, 0.2) is 0 Å². The number of benzene rings is 2. The maximum Gasteiger partial charge on any atom is 0.272 e. The normalized spacial score (nSPS) is 10.4. The molecule has 0 fully saturated rings. The van der Waals surface area contributed by atoms with Crippen molar-refractivity contribution in [3.63, 3.8) is 0 Å². The van der Waals surface area contributed by atoms with E-state index < -0.39 is 10.7 Å². The molecule has 0 aliphatic carbocycles. The van der Waals surface area contributed by atoms with Gasteiger partial charge in [-0.2, -0.15) is 0 Å². The van der Waals surface area contributed by atoms with E-state index >= 15 is 0 Å². The molecule has 0 saturated carbocycles. The fourth-order valence-electron chi connectivity index (χ4n) is 1.96. The Bertz CT molecular complexity index is 673. The monoisotopic (exact) mass is 291 g/mol. The van der Waals surface area contributed by atoms with E-state index in [4.69, 9.17) is 4.74 Å². The lowest BCUT2D eigenvalue weighted by Gasteiger charge is -2.11. The van der Waals surface area contributed by atoms with Crippen LogP contribution in [0.25, 0.3) is 0 Å². The molecule has 1 N–H and O–H groups in total. The predicted octanol–water partition coefficient (Wildman–Crippen LogP) is 3.11. The number of aliphatic hydroxyl groups excluding tert-OH is 1. The third kappa shape index (κ3) is 3.76. The molecule has 0 aliphatic rings. The van der Waals surface area contributed by atoms with Crippen molar-refractivity contribution in [1.29, 1.82) is 0 Å². The highest BCUT2D eigenvalue weighted by molar-refractivity contribution is 5.38. The summed E-state index contributed by atoms with van der Waals surface area (Å²) in [6, 6.07) is 8.60. The maximum atomic E-state index is 13.3. The summed E-state index contributed by atoms with van der Waals surface area (Å²) in [5.41, 5.74) is 1.62. The Morgan fingerprint density at radius 3 is 2.71 bits per heavy atom. The molecule has 0 amide bonds. The zero-order valence-corrected chi connectivity index (χ0v) is 11.4. The minimum absolute atomic E-state index is 0.0192. The van der Waals surface area contributed by atoms with Crippen LogP contribution in [0.2, 0.25) is 0 Å². The van der Waals surface area contributed by atoms with Gasteiger partial charge in [-0.1, -0.05) is 17.7 Å². The summed E-state index contributed by atoms with van der Waals surface area (Å²) < 4.78 is 18.8. The van der Waals surface area contributed by atoms with Gasteiger partial charge in [-0.3, -0.25) is 10.1 Å². The van der Waals surface area contributed by atoms with Crippen molar-refractivity contribution in [2.75, 3.05) is 0 Å².